The SMILES string of the molecule is Cc1nc2c(OCc3c(F)cccc3F)cc(F)cn2c1C(=O)CC(CN)c1ccc(F)c(F)c1. The Kier molecular flexibility index (Phi) is 6.83. The van der Waals surface area contributed by atoms with Gasteiger partial charge in [0.2, 0.25) is 0 Å². The van der Waals surface area contributed by atoms with Crippen molar-refractivity contribution < 1.29 is 31.5 Å². The summed E-state index contributed by atoms with van der Waals surface area (Å²) in [5.74, 6) is -5.71. The van der Waals surface area contributed by atoms with Gasteiger partial charge in [-0.05, 0) is 43.3 Å². The summed E-state index contributed by atoms with van der Waals surface area (Å²) in [5, 5.41) is 0. The summed E-state index contributed by atoms with van der Waals surface area (Å²) in [4.78, 5) is 17.5. The van der Waals surface area contributed by atoms with Crippen LogP contribution in [0.3, 0.4) is 0 Å². The molecule has 0 aliphatic heterocycles. The highest BCUT2D eigenvalue weighted by Gasteiger charge is 2.24. The normalized spacial score (nSPS) is 12.2. The number of pyridine rings is 1. The first-order valence-corrected chi connectivity index (χ1v) is 10.6. The number of nitrogens with two attached hydrogens (primary N) is 1. The van der Waals surface area contributed by atoms with E-state index in [0.29, 0.717) is 5.56 Å². The van der Waals surface area contributed by atoms with Gasteiger partial charge in [-0.25, -0.2) is 26.9 Å². The number of carbonyl (C=O) groups is 1. The van der Waals surface area contributed by atoms with Crippen LogP contribution in [0.2, 0.25) is 0 Å². The average Bonchev–Trinajstić information content (AvgIpc) is 3.14. The molecule has 1 atom stereocenters. The van der Waals surface area contributed by atoms with Gasteiger partial charge in [0, 0.05) is 24.6 Å². The predicted octanol–water partition coefficient (Wildman–Crippen LogP) is 5.23. The first-order chi connectivity index (χ1) is 16.7. The van der Waals surface area contributed by atoms with Crippen molar-refractivity contribution in [2.24, 2.45) is 5.73 Å². The quantitative estimate of drug-likeness (QED) is 0.272. The third-order valence-electron chi connectivity index (χ3n) is 5.66. The number of halogens is 5. The fourth-order valence-corrected chi connectivity index (χ4v) is 3.88. The molecule has 0 bridgehead atoms. The van der Waals surface area contributed by atoms with Crippen molar-refractivity contribution >= 4 is 11.4 Å². The Labute approximate surface area is 197 Å². The summed E-state index contributed by atoms with van der Waals surface area (Å²) in [7, 11) is 0. The molecular weight excluding hydrogens is 469 g/mol. The van der Waals surface area contributed by atoms with Gasteiger partial charge in [0.05, 0.1) is 11.3 Å². The maximum Gasteiger partial charge on any atom is 0.182 e. The molecule has 4 rings (SSSR count). The highest BCUT2D eigenvalue weighted by atomic mass is 19.2. The standard InChI is InChI=1S/C25H20F5N3O2/c1-13-24(22(34)8-15(10-31)14-5-6-20(29)21(30)7-14)33-11-16(26)9-23(25(33)32-13)35-12-17-18(27)3-2-4-19(17)28/h2-7,9,11,15H,8,10,12,31H2,1H3. The largest absolute Gasteiger partial charge is 0.485 e. The van der Waals surface area contributed by atoms with Crippen molar-refractivity contribution in [1.82, 2.24) is 9.38 Å². The third kappa shape index (κ3) is 4.88. The number of nitrogens with zero attached hydrogens (tertiary/aromatic N) is 2. The molecule has 2 heterocycles. The molecule has 0 saturated carbocycles. The monoisotopic (exact) mass is 489 g/mol. The fraction of sp³-hybridized carbons (Fsp3) is 0.200. The van der Waals surface area contributed by atoms with Gasteiger partial charge < -0.3 is 10.5 Å². The molecule has 10 heteroatoms. The van der Waals surface area contributed by atoms with Gasteiger partial charge in [0.1, 0.15) is 29.8 Å². The minimum Gasteiger partial charge on any atom is -0.485 e. The van der Waals surface area contributed by atoms with Gasteiger partial charge in [0.25, 0.3) is 0 Å². The van der Waals surface area contributed by atoms with Crippen molar-refractivity contribution in [2.75, 3.05) is 6.54 Å². The number of benzene rings is 2. The number of imidazole rings is 1. The highest BCUT2D eigenvalue weighted by molar-refractivity contribution is 5.97. The topological polar surface area (TPSA) is 69.6 Å². The molecule has 4 aromatic rings. The number of Topliss-reactive ketones (excluding diaryl/α,β-unsaturated/α-hetero) is 1. The van der Waals surface area contributed by atoms with Crippen LogP contribution in [0.25, 0.3) is 5.65 Å². The Hall–Kier alpha value is -3.79. The van der Waals surface area contributed by atoms with E-state index in [0.717, 1.165) is 36.5 Å². The summed E-state index contributed by atoms with van der Waals surface area (Å²) in [5.41, 5.74) is 6.15. The lowest BCUT2D eigenvalue weighted by Crippen LogP contribution is -2.18. The molecule has 182 valence electrons. The van der Waals surface area contributed by atoms with E-state index >= 15 is 0 Å². The predicted molar refractivity (Wildman–Crippen MR) is 118 cm³/mol. The van der Waals surface area contributed by atoms with Crippen LogP contribution < -0.4 is 10.5 Å². The molecule has 2 aromatic heterocycles. The van der Waals surface area contributed by atoms with E-state index < -0.39 is 47.4 Å². The van der Waals surface area contributed by atoms with Gasteiger partial charge in [-0.1, -0.05) is 12.1 Å². The lowest BCUT2D eigenvalue weighted by atomic mass is 9.92. The zero-order valence-corrected chi connectivity index (χ0v) is 18.5. The van der Waals surface area contributed by atoms with E-state index in [9.17, 15) is 26.7 Å². The second-order valence-corrected chi connectivity index (χ2v) is 7.98. The molecule has 0 amide bonds. The van der Waals surface area contributed by atoms with E-state index in [4.69, 9.17) is 10.5 Å². The van der Waals surface area contributed by atoms with E-state index in [1.165, 1.54) is 23.5 Å². The maximum absolute atomic E-state index is 14.4. The van der Waals surface area contributed by atoms with E-state index in [1.807, 2.05) is 0 Å². The van der Waals surface area contributed by atoms with Crippen molar-refractivity contribution in [3.8, 4) is 5.75 Å². The average molecular weight is 489 g/mol. The van der Waals surface area contributed by atoms with Crippen LogP contribution in [0.4, 0.5) is 22.0 Å². The Bertz CT molecular complexity index is 1400. The third-order valence-corrected chi connectivity index (χ3v) is 5.66. The minimum absolute atomic E-state index is 0.0243. The molecule has 0 aliphatic rings. The molecular formula is C25H20F5N3O2. The molecule has 2 aromatic carbocycles. The number of ketones is 1. The Morgan fingerprint density at radius 3 is 2.40 bits per heavy atom. The smallest absolute Gasteiger partial charge is 0.182 e. The number of ether oxygens (including phenoxy) is 1. The number of aromatic nitrogens is 2. The first kappa shape index (κ1) is 24.3. The summed E-state index contributed by atoms with van der Waals surface area (Å²) in [6.07, 6.45) is 0.859. The molecule has 35 heavy (non-hydrogen) atoms. The van der Waals surface area contributed by atoms with Crippen LogP contribution in [0.15, 0.2) is 48.7 Å². The van der Waals surface area contributed by atoms with E-state index in [1.54, 1.807) is 0 Å². The fourth-order valence-electron chi connectivity index (χ4n) is 3.88. The summed E-state index contributed by atoms with van der Waals surface area (Å²) < 4.78 is 76.0. The van der Waals surface area contributed by atoms with E-state index in [-0.39, 0.29) is 41.3 Å². The highest BCUT2D eigenvalue weighted by Crippen LogP contribution is 2.28. The number of hydrogen-bond donors (Lipinski definition) is 1. The van der Waals surface area contributed by atoms with Crippen LogP contribution in [0, 0.1) is 36.0 Å². The van der Waals surface area contributed by atoms with Gasteiger partial charge in [0.15, 0.2) is 28.8 Å². The zero-order valence-electron chi connectivity index (χ0n) is 18.5. The van der Waals surface area contributed by atoms with Crippen LogP contribution in [-0.2, 0) is 6.61 Å². The Morgan fingerprint density at radius 1 is 1.03 bits per heavy atom. The van der Waals surface area contributed by atoms with Gasteiger partial charge >= 0.3 is 0 Å². The number of fused-ring (bicyclic) bond motifs is 1. The molecule has 0 radical (unpaired) electrons. The van der Waals surface area contributed by atoms with Crippen molar-refractivity contribution in [3.05, 3.63) is 100 Å². The summed E-state index contributed by atoms with van der Waals surface area (Å²) in [6.45, 7) is 0.981. The minimum atomic E-state index is -1.06. The number of aryl methyl sites for hydroxylation is 1. The van der Waals surface area contributed by atoms with Gasteiger partial charge in [-0.2, -0.15) is 0 Å². The Morgan fingerprint density at radius 2 is 1.74 bits per heavy atom. The molecule has 1 unspecified atom stereocenters. The molecule has 0 spiro atoms. The second kappa shape index (κ2) is 9.83. The molecule has 0 saturated heterocycles. The molecule has 5 nitrogen and oxygen atoms in total. The zero-order chi connectivity index (χ0) is 25.3. The van der Waals surface area contributed by atoms with Crippen molar-refractivity contribution in [2.45, 2.75) is 25.9 Å². The number of rotatable bonds is 8. The molecule has 0 fully saturated rings. The van der Waals surface area contributed by atoms with Gasteiger partial charge in [-0.15, -0.1) is 0 Å². The van der Waals surface area contributed by atoms with Crippen molar-refractivity contribution in [3.63, 3.8) is 0 Å². The lowest BCUT2D eigenvalue weighted by molar-refractivity contribution is 0.0968. The van der Waals surface area contributed by atoms with Crippen molar-refractivity contribution in [1.29, 1.82) is 0 Å². The van der Waals surface area contributed by atoms with Crippen LogP contribution >= 0.6 is 0 Å². The number of carbonyl (C=O) groups excluding carboxylic acids is 1. The Balaban J connectivity index is 1.65. The van der Waals surface area contributed by atoms with Crippen LogP contribution in [0.1, 0.15) is 39.6 Å². The molecule has 0 aliphatic carbocycles. The van der Waals surface area contributed by atoms with Crippen LogP contribution in [0.5, 0.6) is 5.75 Å². The molecule has 2 N–H and O–H groups in total. The number of hydrogen-bond acceptors (Lipinski definition) is 4. The van der Waals surface area contributed by atoms with Crippen LogP contribution in [-0.4, -0.2) is 21.7 Å². The maximum atomic E-state index is 14.4. The lowest BCUT2D eigenvalue weighted by Gasteiger charge is -2.15. The van der Waals surface area contributed by atoms with E-state index in [2.05, 4.69) is 4.98 Å². The summed E-state index contributed by atoms with van der Waals surface area (Å²) >= 11 is 0. The summed E-state index contributed by atoms with van der Waals surface area (Å²) in [6, 6.07) is 7.63. The van der Waals surface area contributed by atoms with Gasteiger partial charge in [-0.3, -0.25) is 9.20 Å². The second-order valence-electron chi connectivity index (χ2n) is 7.98. The first-order valence-electron chi connectivity index (χ1n) is 10.6.